The van der Waals surface area contributed by atoms with E-state index in [9.17, 15) is 13.6 Å². The summed E-state index contributed by atoms with van der Waals surface area (Å²) in [6.45, 7) is 0. The first-order valence-corrected chi connectivity index (χ1v) is 13.1. The van der Waals surface area contributed by atoms with Crippen LogP contribution >= 0.6 is 23.5 Å². The molecular formula is C27H21F2N5OS2. The van der Waals surface area contributed by atoms with Crippen LogP contribution in [0.5, 0.6) is 0 Å². The molecule has 1 atom stereocenters. The summed E-state index contributed by atoms with van der Waals surface area (Å²) in [6.07, 6.45) is 3.97. The number of carbonyl (C=O) groups excluding carboxylic acids is 1. The topological polar surface area (TPSA) is 71.6 Å². The Morgan fingerprint density at radius 1 is 1.03 bits per heavy atom. The molecule has 0 bridgehead atoms. The highest BCUT2D eigenvalue weighted by molar-refractivity contribution is 8.15. The van der Waals surface area contributed by atoms with Crippen molar-refractivity contribution in [2.75, 3.05) is 0 Å². The average Bonchev–Trinajstić information content (AvgIpc) is 3.49. The van der Waals surface area contributed by atoms with Crippen molar-refractivity contribution in [2.45, 2.75) is 22.3 Å². The quantitative estimate of drug-likeness (QED) is 0.171. The fourth-order valence-corrected chi connectivity index (χ4v) is 5.23. The van der Waals surface area contributed by atoms with Crippen molar-refractivity contribution in [3.05, 3.63) is 102 Å². The van der Waals surface area contributed by atoms with Gasteiger partial charge in [-0.2, -0.15) is 19.0 Å². The molecule has 6 nitrogen and oxygen atoms in total. The van der Waals surface area contributed by atoms with Crippen LogP contribution in [0.15, 0.2) is 106 Å². The van der Waals surface area contributed by atoms with Crippen molar-refractivity contribution in [1.29, 1.82) is 0 Å². The summed E-state index contributed by atoms with van der Waals surface area (Å²) in [4.78, 5) is 12.9. The maximum absolute atomic E-state index is 12.5. The molecule has 1 saturated heterocycles. The first kappa shape index (κ1) is 24.9. The lowest BCUT2D eigenvalue weighted by atomic mass is 10.1. The van der Waals surface area contributed by atoms with Gasteiger partial charge in [0.05, 0.1) is 17.2 Å². The Kier molecular flexibility index (Phi) is 7.76. The molecule has 0 saturated carbocycles. The molecule has 3 aromatic carbocycles. The number of nitrogens with zero attached hydrogens (tertiary/aromatic N) is 4. The normalized spacial score (nSPS) is 16.7. The van der Waals surface area contributed by atoms with Crippen molar-refractivity contribution in [2.24, 2.45) is 10.2 Å². The molecule has 2 heterocycles. The van der Waals surface area contributed by atoms with Gasteiger partial charge in [0.2, 0.25) is 5.91 Å². The van der Waals surface area contributed by atoms with Gasteiger partial charge in [0.15, 0.2) is 5.17 Å². The van der Waals surface area contributed by atoms with Crippen LogP contribution in [0.25, 0.3) is 16.9 Å². The number of halogens is 2. The van der Waals surface area contributed by atoms with E-state index >= 15 is 0 Å². The first-order chi connectivity index (χ1) is 18.0. The molecule has 1 fully saturated rings. The molecule has 0 spiro atoms. The zero-order valence-corrected chi connectivity index (χ0v) is 21.0. The van der Waals surface area contributed by atoms with E-state index in [0.29, 0.717) is 28.2 Å². The van der Waals surface area contributed by atoms with E-state index in [2.05, 4.69) is 15.5 Å². The molecule has 4 aromatic rings. The lowest BCUT2D eigenvalue weighted by molar-refractivity contribution is -0.118. The standard InChI is InChI=1S/C27H21F2N5OS2/c28-26(29)36-22-13-11-18(12-14-22)15-23-25(35)31-27(37-23)32-30-16-20-17-34(21-9-5-2-6-10-21)33-24(20)19-7-3-1-4-8-19/h1-14,16-17,23,26H,15H2,(H,31,32,35). The van der Waals surface area contributed by atoms with Gasteiger partial charge in [0.1, 0.15) is 5.69 Å². The van der Waals surface area contributed by atoms with Crippen molar-refractivity contribution in [3.63, 3.8) is 0 Å². The van der Waals surface area contributed by atoms with E-state index in [-0.39, 0.29) is 11.2 Å². The largest absolute Gasteiger partial charge is 0.303 e. The van der Waals surface area contributed by atoms with Gasteiger partial charge >= 0.3 is 0 Å². The summed E-state index contributed by atoms with van der Waals surface area (Å²) < 4.78 is 26.8. The maximum atomic E-state index is 12.5. The van der Waals surface area contributed by atoms with Gasteiger partial charge in [-0.05, 0) is 36.2 Å². The molecule has 1 amide bonds. The van der Waals surface area contributed by atoms with Gasteiger partial charge in [-0.25, -0.2) is 4.68 Å². The highest BCUT2D eigenvalue weighted by atomic mass is 32.2. The highest BCUT2D eigenvalue weighted by Gasteiger charge is 2.30. The molecule has 1 aromatic heterocycles. The van der Waals surface area contributed by atoms with E-state index in [0.717, 1.165) is 28.1 Å². The minimum Gasteiger partial charge on any atom is -0.303 e. The average molecular weight is 534 g/mol. The second-order valence-corrected chi connectivity index (χ2v) is 10.3. The summed E-state index contributed by atoms with van der Waals surface area (Å²) in [5.41, 5.74) is 4.31. The number of rotatable bonds is 8. The van der Waals surface area contributed by atoms with Crippen molar-refractivity contribution in [3.8, 4) is 16.9 Å². The van der Waals surface area contributed by atoms with E-state index < -0.39 is 5.76 Å². The third-order valence-electron chi connectivity index (χ3n) is 5.50. The Bertz CT molecular complexity index is 1420. The molecule has 0 radical (unpaired) electrons. The van der Waals surface area contributed by atoms with Gasteiger partial charge in [-0.1, -0.05) is 84.2 Å². The number of hydrogen-bond donors (Lipinski definition) is 1. The molecule has 10 heteroatoms. The molecule has 37 heavy (non-hydrogen) atoms. The Hall–Kier alpha value is -3.76. The molecule has 186 valence electrons. The fraction of sp³-hybridized carbons (Fsp3) is 0.111. The number of hydrogen-bond acceptors (Lipinski definition) is 6. The monoisotopic (exact) mass is 533 g/mol. The van der Waals surface area contributed by atoms with Crippen molar-refractivity contribution < 1.29 is 13.6 Å². The second kappa shape index (κ2) is 11.5. The van der Waals surface area contributed by atoms with Gasteiger partial charge in [0.25, 0.3) is 5.76 Å². The van der Waals surface area contributed by atoms with Crippen LogP contribution in [0.2, 0.25) is 0 Å². The number of benzene rings is 3. The van der Waals surface area contributed by atoms with Crippen LogP contribution in [0, 0.1) is 0 Å². The van der Waals surface area contributed by atoms with Gasteiger partial charge in [-0.15, -0.1) is 5.10 Å². The minimum absolute atomic E-state index is 0.160. The molecule has 1 N–H and O–H groups in total. The Labute approximate surface area is 220 Å². The van der Waals surface area contributed by atoms with Crippen LogP contribution in [-0.2, 0) is 11.2 Å². The van der Waals surface area contributed by atoms with Gasteiger partial charge < -0.3 is 5.32 Å². The smallest absolute Gasteiger partial charge is 0.288 e. The first-order valence-electron chi connectivity index (χ1n) is 11.4. The molecule has 1 aliphatic rings. The van der Waals surface area contributed by atoms with E-state index in [1.54, 1.807) is 35.2 Å². The molecule has 1 aliphatic heterocycles. The molecule has 0 aliphatic carbocycles. The minimum atomic E-state index is -2.46. The predicted molar refractivity (Wildman–Crippen MR) is 146 cm³/mol. The summed E-state index contributed by atoms with van der Waals surface area (Å²) in [6, 6.07) is 26.4. The lowest BCUT2D eigenvalue weighted by Gasteiger charge is -2.06. The van der Waals surface area contributed by atoms with Crippen LogP contribution in [-0.4, -0.2) is 38.1 Å². The Morgan fingerprint density at radius 2 is 1.73 bits per heavy atom. The highest BCUT2D eigenvalue weighted by Crippen LogP contribution is 2.28. The number of amidine groups is 1. The maximum Gasteiger partial charge on any atom is 0.288 e. The second-order valence-electron chi connectivity index (χ2n) is 8.05. The summed E-state index contributed by atoms with van der Waals surface area (Å²) in [7, 11) is 0. The van der Waals surface area contributed by atoms with Crippen LogP contribution in [0.3, 0.4) is 0 Å². The number of alkyl halides is 2. The fourth-order valence-electron chi connectivity index (χ4n) is 3.77. The molecule has 5 rings (SSSR count). The van der Waals surface area contributed by atoms with Crippen LogP contribution in [0.4, 0.5) is 8.78 Å². The number of aromatic nitrogens is 2. The van der Waals surface area contributed by atoms with E-state index in [1.165, 1.54) is 11.8 Å². The summed E-state index contributed by atoms with van der Waals surface area (Å²) in [5, 5.41) is 16.0. The van der Waals surface area contributed by atoms with Crippen molar-refractivity contribution in [1.82, 2.24) is 15.1 Å². The zero-order chi connectivity index (χ0) is 25.6. The summed E-state index contributed by atoms with van der Waals surface area (Å²) in [5.74, 6) is -2.62. The third kappa shape index (κ3) is 6.33. The van der Waals surface area contributed by atoms with E-state index in [1.807, 2.05) is 66.9 Å². The Balaban J connectivity index is 1.30. The van der Waals surface area contributed by atoms with Gasteiger partial charge in [0, 0.05) is 22.2 Å². The van der Waals surface area contributed by atoms with Gasteiger partial charge in [-0.3, -0.25) is 4.79 Å². The van der Waals surface area contributed by atoms with Crippen LogP contribution < -0.4 is 5.32 Å². The zero-order valence-electron chi connectivity index (χ0n) is 19.4. The third-order valence-corrected chi connectivity index (χ3v) is 7.30. The summed E-state index contributed by atoms with van der Waals surface area (Å²) >= 11 is 1.79. The molecule has 1 unspecified atom stereocenters. The predicted octanol–water partition coefficient (Wildman–Crippen LogP) is 6.02. The van der Waals surface area contributed by atoms with Crippen LogP contribution in [0.1, 0.15) is 11.1 Å². The number of thioether (sulfide) groups is 2. The molecular weight excluding hydrogens is 512 g/mol. The number of para-hydroxylation sites is 1. The lowest BCUT2D eigenvalue weighted by Crippen LogP contribution is -2.25. The number of amides is 1. The Morgan fingerprint density at radius 3 is 2.43 bits per heavy atom. The SMILES string of the molecule is O=C1N/C(=N\N=Cc2cn(-c3ccccc3)nc2-c2ccccc2)SC1Cc1ccc(SC(F)F)cc1. The number of nitrogens with one attached hydrogen (secondary N) is 1. The number of carbonyl (C=O) groups is 1. The van der Waals surface area contributed by atoms with Crippen molar-refractivity contribution >= 4 is 40.8 Å². The van der Waals surface area contributed by atoms with E-state index in [4.69, 9.17) is 5.10 Å².